The molecule has 0 aliphatic carbocycles. The van der Waals surface area contributed by atoms with Gasteiger partial charge in [0.05, 0.1) is 11.0 Å². The van der Waals surface area contributed by atoms with Crippen LogP contribution in [0.5, 0.6) is 0 Å². The smallest absolute Gasteiger partial charge is 0.252 e. The van der Waals surface area contributed by atoms with Crippen molar-refractivity contribution in [3.63, 3.8) is 0 Å². The van der Waals surface area contributed by atoms with E-state index in [4.69, 9.17) is 0 Å². The van der Waals surface area contributed by atoms with Crippen molar-refractivity contribution >= 4 is 88.3 Å². The monoisotopic (exact) mass is 634 g/mol. The summed E-state index contributed by atoms with van der Waals surface area (Å²) in [4.78, 5) is 0. The Morgan fingerprint density at radius 1 is 0.460 bits per heavy atom. The second-order valence-electron chi connectivity index (χ2n) is 14.7. The number of nitrogens with zero attached hydrogens (tertiary/aromatic N) is 2. The molecule has 232 valence electrons. The molecular weight excluding hydrogens is 603 g/mol. The van der Waals surface area contributed by atoms with Gasteiger partial charge in [0.1, 0.15) is 0 Å². The van der Waals surface area contributed by atoms with Gasteiger partial charge >= 0.3 is 0 Å². The lowest BCUT2D eigenvalue weighted by Gasteiger charge is -2.34. The predicted octanol–water partition coefficient (Wildman–Crippen LogP) is 10.1. The summed E-state index contributed by atoms with van der Waals surface area (Å²) >= 11 is 0. The average molecular weight is 635 g/mol. The normalized spacial score (nSPS) is 13.1. The van der Waals surface area contributed by atoms with Gasteiger partial charge in [-0.05, 0) is 96.9 Å². The van der Waals surface area contributed by atoms with Crippen molar-refractivity contribution in [3.05, 3.63) is 151 Å². The number of hydrogen-bond acceptors (Lipinski definition) is 0. The van der Waals surface area contributed by atoms with Crippen molar-refractivity contribution in [2.45, 2.75) is 19.8 Å². The first kappa shape index (κ1) is 26.8. The first-order valence-corrected chi connectivity index (χ1v) is 17.8. The molecule has 0 unspecified atom stereocenters. The van der Waals surface area contributed by atoms with E-state index in [1.165, 1.54) is 110 Å². The second-order valence-corrected chi connectivity index (χ2v) is 14.7. The van der Waals surface area contributed by atoms with Crippen LogP contribution in [0, 0.1) is 0 Å². The van der Waals surface area contributed by atoms with Crippen LogP contribution in [0.25, 0.3) is 87.7 Å². The van der Waals surface area contributed by atoms with Crippen LogP contribution in [0.15, 0.2) is 146 Å². The van der Waals surface area contributed by atoms with E-state index >= 15 is 0 Å². The van der Waals surface area contributed by atoms with Crippen LogP contribution >= 0.6 is 0 Å². The molecule has 8 aromatic carbocycles. The van der Waals surface area contributed by atoms with Crippen LogP contribution < -0.4 is 16.4 Å². The molecule has 2 aromatic heterocycles. The predicted molar refractivity (Wildman–Crippen MR) is 214 cm³/mol. The summed E-state index contributed by atoms with van der Waals surface area (Å²) in [6, 6.07) is 55.3. The third kappa shape index (κ3) is 3.26. The minimum atomic E-state index is 0.124. The Bertz CT molecular complexity index is 2960. The zero-order chi connectivity index (χ0) is 32.8. The molecule has 0 amide bonds. The quantitative estimate of drug-likeness (QED) is 0.168. The molecule has 0 atom stereocenters. The highest BCUT2D eigenvalue weighted by Crippen LogP contribution is 2.42. The minimum absolute atomic E-state index is 0.124. The molecule has 4 heterocycles. The number of benzene rings is 8. The Hall–Kier alpha value is -6.06. The van der Waals surface area contributed by atoms with Crippen molar-refractivity contribution in [2.75, 3.05) is 0 Å². The van der Waals surface area contributed by atoms with Crippen molar-refractivity contribution < 1.29 is 0 Å². The van der Waals surface area contributed by atoms with Crippen LogP contribution in [0.2, 0.25) is 0 Å². The molecule has 2 aliphatic heterocycles. The number of aromatic nitrogens is 2. The Kier molecular flexibility index (Phi) is 5.01. The number of hydrogen-bond donors (Lipinski definition) is 0. The molecule has 0 radical (unpaired) electrons. The van der Waals surface area contributed by atoms with Gasteiger partial charge in [-0.1, -0.05) is 123 Å². The van der Waals surface area contributed by atoms with Gasteiger partial charge in [-0.3, -0.25) is 0 Å². The van der Waals surface area contributed by atoms with E-state index in [-0.39, 0.29) is 6.71 Å². The highest BCUT2D eigenvalue weighted by atomic mass is 15.0. The summed E-state index contributed by atoms with van der Waals surface area (Å²) < 4.78 is 5.21. The molecule has 0 saturated carbocycles. The van der Waals surface area contributed by atoms with Crippen molar-refractivity contribution in [3.8, 4) is 22.5 Å². The Morgan fingerprint density at radius 3 is 1.46 bits per heavy atom. The fourth-order valence-electron chi connectivity index (χ4n) is 9.71. The van der Waals surface area contributed by atoms with E-state index in [1.807, 2.05) is 0 Å². The second kappa shape index (κ2) is 9.34. The molecule has 0 spiro atoms. The van der Waals surface area contributed by atoms with Gasteiger partial charge in [-0.25, -0.2) is 0 Å². The average Bonchev–Trinajstić information content (AvgIpc) is 3.66. The van der Waals surface area contributed by atoms with Crippen LogP contribution in [0.3, 0.4) is 0 Å². The standard InChI is InChI=1S/C47H31BN2/c1-27(2)33-15-7-8-16-34(33)32-25-43-45-44(26-32)50-42-24-31-14-6-4-12-29(31)22-38(42)36-18-10-20-40(47(36)50)48(45)39-19-9-17-35-37-21-28-11-3-5-13-30(28)23-41(37)49(43)46(35)39/h3-27H,1-2H3. The van der Waals surface area contributed by atoms with Crippen molar-refractivity contribution in [2.24, 2.45) is 0 Å². The van der Waals surface area contributed by atoms with Gasteiger partial charge in [0.15, 0.2) is 0 Å². The lowest BCUT2D eigenvalue weighted by Crippen LogP contribution is -2.59. The minimum Gasteiger partial charge on any atom is -0.310 e. The van der Waals surface area contributed by atoms with Crippen LogP contribution in [0.1, 0.15) is 25.3 Å². The van der Waals surface area contributed by atoms with E-state index in [1.54, 1.807) is 0 Å². The summed E-state index contributed by atoms with van der Waals surface area (Å²) in [5, 5.41) is 10.4. The Balaban J connectivity index is 1.32. The summed E-state index contributed by atoms with van der Waals surface area (Å²) in [5.41, 5.74) is 15.9. The number of rotatable bonds is 2. The summed E-state index contributed by atoms with van der Waals surface area (Å²) in [6.07, 6.45) is 0. The zero-order valence-corrected chi connectivity index (χ0v) is 27.9. The lowest BCUT2D eigenvalue weighted by molar-refractivity contribution is 0.869. The fraction of sp³-hybridized carbons (Fsp3) is 0.0638. The third-order valence-electron chi connectivity index (χ3n) is 11.8. The largest absolute Gasteiger partial charge is 0.310 e. The van der Waals surface area contributed by atoms with E-state index in [9.17, 15) is 0 Å². The van der Waals surface area contributed by atoms with Crippen molar-refractivity contribution in [1.82, 2.24) is 9.13 Å². The van der Waals surface area contributed by atoms with Crippen LogP contribution in [-0.4, -0.2) is 15.8 Å². The molecule has 10 aromatic rings. The molecule has 50 heavy (non-hydrogen) atoms. The van der Waals surface area contributed by atoms with Crippen LogP contribution in [-0.2, 0) is 0 Å². The zero-order valence-electron chi connectivity index (χ0n) is 27.9. The summed E-state index contributed by atoms with van der Waals surface area (Å²) in [5.74, 6) is 0.406. The first-order valence-electron chi connectivity index (χ1n) is 17.8. The van der Waals surface area contributed by atoms with Crippen molar-refractivity contribution in [1.29, 1.82) is 0 Å². The molecule has 0 saturated heterocycles. The first-order chi connectivity index (χ1) is 24.6. The number of fused-ring (bicyclic) bond motifs is 12. The molecule has 2 nitrogen and oxygen atoms in total. The maximum Gasteiger partial charge on any atom is 0.252 e. The Morgan fingerprint density at radius 2 is 0.940 bits per heavy atom. The molecule has 0 N–H and O–H groups in total. The number of para-hydroxylation sites is 2. The molecule has 12 rings (SSSR count). The molecule has 2 aliphatic rings. The third-order valence-corrected chi connectivity index (χ3v) is 11.8. The van der Waals surface area contributed by atoms with Gasteiger partial charge in [-0.2, -0.15) is 0 Å². The van der Waals surface area contributed by atoms with Gasteiger partial charge in [-0.15, -0.1) is 0 Å². The topological polar surface area (TPSA) is 9.86 Å². The maximum atomic E-state index is 2.61. The van der Waals surface area contributed by atoms with E-state index in [2.05, 4.69) is 169 Å². The lowest BCUT2D eigenvalue weighted by atomic mass is 9.34. The summed E-state index contributed by atoms with van der Waals surface area (Å²) in [7, 11) is 0. The van der Waals surface area contributed by atoms with E-state index < -0.39 is 0 Å². The molecule has 0 bridgehead atoms. The van der Waals surface area contributed by atoms with Gasteiger partial charge in [0.2, 0.25) is 0 Å². The van der Waals surface area contributed by atoms with E-state index in [0.717, 1.165) is 0 Å². The van der Waals surface area contributed by atoms with E-state index in [0.29, 0.717) is 5.92 Å². The van der Waals surface area contributed by atoms with Gasteiger partial charge < -0.3 is 9.13 Å². The highest BCUT2D eigenvalue weighted by molar-refractivity contribution is 7.00. The molecular formula is C47H31BN2. The SMILES string of the molecule is CC(C)c1ccccc1-c1cc2c3c(c1)-n1c4cc5ccccc5cc4c4cccc(c41)B3c1cccc3c4cc5ccccc5cc4n-2c13. The maximum absolute atomic E-state index is 2.61. The highest BCUT2D eigenvalue weighted by Gasteiger charge is 2.41. The van der Waals surface area contributed by atoms with Crippen LogP contribution in [0.4, 0.5) is 0 Å². The van der Waals surface area contributed by atoms with Gasteiger partial charge in [0, 0.05) is 44.0 Å². The fourth-order valence-corrected chi connectivity index (χ4v) is 9.71. The Labute approximate surface area is 289 Å². The van der Waals surface area contributed by atoms with Gasteiger partial charge in [0.25, 0.3) is 6.71 Å². The molecule has 3 heteroatoms. The molecule has 0 fully saturated rings. The summed E-state index contributed by atoms with van der Waals surface area (Å²) in [6.45, 7) is 4.75.